The molecule has 0 saturated carbocycles. The Labute approximate surface area is 158 Å². The number of anilines is 1. The summed E-state index contributed by atoms with van der Waals surface area (Å²) in [5.74, 6) is 1.08. The second-order valence-corrected chi connectivity index (χ2v) is 6.21. The summed E-state index contributed by atoms with van der Waals surface area (Å²) >= 11 is 0. The van der Waals surface area contributed by atoms with Crippen LogP contribution in [-0.2, 0) is 4.79 Å². The molecule has 0 unspecified atom stereocenters. The highest BCUT2D eigenvalue weighted by Gasteiger charge is 2.13. The number of methoxy groups -OCH3 is 1. The van der Waals surface area contributed by atoms with Gasteiger partial charge in [0.15, 0.2) is 0 Å². The molecule has 2 aromatic carbocycles. The summed E-state index contributed by atoms with van der Waals surface area (Å²) in [6.45, 7) is 6.30. The number of furan rings is 1. The minimum Gasteiger partial charge on any atom is -0.496 e. The van der Waals surface area contributed by atoms with Crippen molar-refractivity contribution in [3.8, 4) is 11.5 Å². The lowest BCUT2D eigenvalue weighted by molar-refractivity contribution is -0.111. The van der Waals surface area contributed by atoms with E-state index >= 15 is 0 Å². The third kappa shape index (κ3) is 3.97. The predicted octanol–water partition coefficient (Wildman–Crippen LogP) is 5.19. The summed E-state index contributed by atoms with van der Waals surface area (Å²) in [7, 11) is 1.60. The van der Waals surface area contributed by atoms with E-state index in [1.807, 2.05) is 57.2 Å². The average molecular weight is 365 g/mol. The van der Waals surface area contributed by atoms with Crippen molar-refractivity contribution >= 4 is 28.1 Å². The van der Waals surface area contributed by atoms with Gasteiger partial charge in [-0.3, -0.25) is 4.79 Å². The van der Waals surface area contributed by atoms with Crippen LogP contribution in [0.1, 0.15) is 25.0 Å². The topological polar surface area (TPSA) is 60.7 Å². The molecule has 5 heteroatoms. The monoisotopic (exact) mass is 365 g/mol. The van der Waals surface area contributed by atoms with E-state index in [9.17, 15) is 4.79 Å². The van der Waals surface area contributed by atoms with Gasteiger partial charge in [0.25, 0.3) is 0 Å². The zero-order valence-electron chi connectivity index (χ0n) is 16.0. The van der Waals surface area contributed by atoms with Crippen molar-refractivity contribution < 1.29 is 18.7 Å². The quantitative estimate of drug-likeness (QED) is 0.611. The Morgan fingerprint density at radius 1 is 1.22 bits per heavy atom. The second-order valence-electron chi connectivity index (χ2n) is 6.21. The van der Waals surface area contributed by atoms with Crippen molar-refractivity contribution in [3.05, 3.63) is 59.9 Å². The highest BCUT2D eigenvalue weighted by atomic mass is 16.5. The smallest absolute Gasteiger partial charge is 0.248 e. The normalized spacial score (nSPS) is 11.5. The van der Waals surface area contributed by atoms with Crippen LogP contribution >= 0.6 is 0 Å². The summed E-state index contributed by atoms with van der Waals surface area (Å²) in [5.41, 5.74) is 4.08. The second kappa shape index (κ2) is 7.99. The fourth-order valence-corrected chi connectivity index (χ4v) is 2.95. The van der Waals surface area contributed by atoms with Gasteiger partial charge in [-0.15, -0.1) is 0 Å². The van der Waals surface area contributed by atoms with Gasteiger partial charge in [0, 0.05) is 23.1 Å². The molecule has 3 aromatic rings. The van der Waals surface area contributed by atoms with E-state index < -0.39 is 0 Å². The van der Waals surface area contributed by atoms with Gasteiger partial charge in [-0.1, -0.05) is 12.1 Å². The summed E-state index contributed by atoms with van der Waals surface area (Å²) in [6, 6.07) is 11.2. The third-order valence-corrected chi connectivity index (χ3v) is 4.31. The van der Waals surface area contributed by atoms with Gasteiger partial charge >= 0.3 is 0 Å². The molecule has 1 amide bonds. The maximum absolute atomic E-state index is 12.5. The highest BCUT2D eigenvalue weighted by Crippen LogP contribution is 2.33. The van der Waals surface area contributed by atoms with Gasteiger partial charge in [-0.05, 0) is 50.1 Å². The number of aryl methyl sites for hydroxylation is 1. The largest absolute Gasteiger partial charge is 0.496 e. The Kier molecular flexibility index (Phi) is 5.50. The minimum atomic E-state index is -0.231. The fraction of sp³-hybridized carbons (Fsp3) is 0.227. The molecule has 0 fully saturated rings. The van der Waals surface area contributed by atoms with Crippen LogP contribution in [0.4, 0.5) is 5.69 Å². The number of nitrogens with one attached hydrogen (secondary N) is 1. The van der Waals surface area contributed by atoms with Crippen LogP contribution in [0.25, 0.3) is 16.5 Å². The Balaban J connectivity index is 1.90. The van der Waals surface area contributed by atoms with Crippen molar-refractivity contribution in [3.63, 3.8) is 0 Å². The van der Waals surface area contributed by atoms with Crippen molar-refractivity contribution in [1.29, 1.82) is 0 Å². The molecule has 5 nitrogen and oxygen atoms in total. The van der Waals surface area contributed by atoms with Gasteiger partial charge in [0.05, 0.1) is 25.7 Å². The summed E-state index contributed by atoms with van der Waals surface area (Å²) < 4.78 is 16.6. The van der Waals surface area contributed by atoms with Crippen LogP contribution in [0, 0.1) is 6.92 Å². The zero-order valence-corrected chi connectivity index (χ0v) is 16.0. The lowest BCUT2D eigenvalue weighted by Gasteiger charge is -2.11. The van der Waals surface area contributed by atoms with Crippen molar-refractivity contribution in [2.24, 2.45) is 0 Å². The molecule has 0 atom stereocenters. The van der Waals surface area contributed by atoms with E-state index in [2.05, 4.69) is 5.32 Å². The number of para-hydroxylation sites is 2. The predicted molar refractivity (Wildman–Crippen MR) is 107 cm³/mol. The molecular formula is C22H23NO4. The first-order chi connectivity index (χ1) is 13.0. The summed E-state index contributed by atoms with van der Waals surface area (Å²) in [4.78, 5) is 12.5. The van der Waals surface area contributed by atoms with Gasteiger partial charge in [0.1, 0.15) is 17.1 Å². The molecule has 1 N–H and O–H groups in total. The first-order valence-corrected chi connectivity index (χ1v) is 8.80. The number of fused-ring (bicyclic) bond motifs is 1. The molecule has 0 aliphatic heterocycles. The van der Waals surface area contributed by atoms with Crippen LogP contribution < -0.4 is 14.8 Å². The van der Waals surface area contributed by atoms with Crippen molar-refractivity contribution in [2.75, 3.05) is 19.0 Å². The molecule has 0 saturated heterocycles. The molecule has 3 rings (SSSR count). The molecule has 27 heavy (non-hydrogen) atoms. The first-order valence-electron chi connectivity index (χ1n) is 8.80. The summed E-state index contributed by atoms with van der Waals surface area (Å²) in [5, 5.41) is 3.88. The van der Waals surface area contributed by atoms with E-state index in [0.29, 0.717) is 23.8 Å². The molecule has 140 valence electrons. The number of allylic oxidation sites excluding steroid dienone is 1. The molecular weight excluding hydrogens is 342 g/mol. The Bertz CT molecular complexity index is 1000. The third-order valence-electron chi connectivity index (χ3n) is 4.31. The number of hydrogen-bond donors (Lipinski definition) is 1. The van der Waals surface area contributed by atoms with Crippen molar-refractivity contribution in [1.82, 2.24) is 0 Å². The number of carbonyl (C=O) groups excluding carboxylic acids is 1. The van der Waals surface area contributed by atoms with Crippen molar-refractivity contribution in [2.45, 2.75) is 20.8 Å². The molecule has 0 bridgehead atoms. The van der Waals surface area contributed by atoms with Crippen LogP contribution in [0.15, 0.2) is 53.2 Å². The lowest BCUT2D eigenvalue weighted by atomic mass is 10.0. The molecule has 0 aliphatic carbocycles. The van der Waals surface area contributed by atoms with Crippen LogP contribution in [0.3, 0.4) is 0 Å². The molecule has 0 radical (unpaired) electrons. The van der Waals surface area contributed by atoms with E-state index in [4.69, 9.17) is 13.9 Å². The SMILES string of the molecule is CCOc1ccccc1NC(=O)/C=C(\C)c1cc2c(C)coc2cc1OC. The van der Waals surface area contributed by atoms with Gasteiger partial charge in [-0.2, -0.15) is 0 Å². The lowest BCUT2D eigenvalue weighted by Crippen LogP contribution is -2.10. The molecule has 0 spiro atoms. The maximum Gasteiger partial charge on any atom is 0.248 e. The van der Waals surface area contributed by atoms with Gasteiger partial charge in [-0.25, -0.2) is 0 Å². The Morgan fingerprint density at radius 2 is 2.00 bits per heavy atom. The van der Waals surface area contributed by atoms with E-state index in [-0.39, 0.29) is 5.91 Å². The number of carbonyl (C=O) groups is 1. The van der Waals surface area contributed by atoms with E-state index in [1.165, 1.54) is 0 Å². The van der Waals surface area contributed by atoms with Crippen LogP contribution in [0.5, 0.6) is 11.5 Å². The molecule has 1 aromatic heterocycles. The number of benzene rings is 2. The highest BCUT2D eigenvalue weighted by molar-refractivity contribution is 6.05. The fourth-order valence-electron chi connectivity index (χ4n) is 2.95. The van der Waals surface area contributed by atoms with Crippen LogP contribution in [-0.4, -0.2) is 19.6 Å². The maximum atomic E-state index is 12.5. The van der Waals surface area contributed by atoms with Crippen LogP contribution in [0.2, 0.25) is 0 Å². The summed E-state index contributed by atoms with van der Waals surface area (Å²) in [6.07, 6.45) is 3.27. The zero-order chi connectivity index (χ0) is 19.4. The standard InChI is InChI=1S/C22H23NO4/c1-5-26-19-9-7-6-8-18(19)23-22(24)10-14(2)16-11-17-15(3)13-27-21(17)12-20(16)25-4/h6-13H,5H2,1-4H3,(H,23,24)/b14-10+. The number of hydrogen-bond acceptors (Lipinski definition) is 4. The van der Waals surface area contributed by atoms with E-state index in [0.717, 1.165) is 27.7 Å². The molecule has 1 heterocycles. The minimum absolute atomic E-state index is 0.231. The number of amides is 1. The van der Waals surface area contributed by atoms with Gasteiger partial charge < -0.3 is 19.2 Å². The first kappa shape index (κ1) is 18.6. The average Bonchev–Trinajstić information content (AvgIpc) is 3.02. The van der Waals surface area contributed by atoms with Gasteiger partial charge in [0.2, 0.25) is 5.91 Å². The Morgan fingerprint density at radius 3 is 2.74 bits per heavy atom. The number of rotatable bonds is 6. The molecule has 0 aliphatic rings. The van der Waals surface area contributed by atoms with E-state index in [1.54, 1.807) is 19.4 Å². The number of ether oxygens (including phenoxy) is 2. The Hall–Kier alpha value is -3.21.